The molecule has 4 aromatic carbocycles. The van der Waals surface area contributed by atoms with Gasteiger partial charge >= 0.3 is 6.03 Å². The lowest BCUT2D eigenvalue weighted by atomic mass is 9.64. The molecule has 0 heterocycles. The second-order valence-electron chi connectivity index (χ2n) is 15.1. The minimum atomic E-state index is -1.24. The number of urea groups is 1. The Bertz CT molecular complexity index is 1830. The fraction of sp³-hybridized carbons (Fsp3) is 0.378. The van der Waals surface area contributed by atoms with E-state index in [0.29, 0.717) is 49.8 Å². The minimum Gasteiger partial charge on any atom is -0.393 e. The third kappa shape index (κ3) is 8.19. The Kier molecular flexibility index (Phi) is 11.2. The SMILES string of the molecule is CC1=CCCC2(C)C(CCC2(O)CN(Cc2ccccc2)C(=O)NC(C)c2ccccc2)c2ccc(cc2C(=O)c2ccccc2)CC(O)CC1. The summed E-state index contributed by atoms with van der Waals surface area (Å²) in [6.45, 7) is 6.76. The number of nitrogens with zero attached hydrogens (tertiary/aromatic N) is 1. The number of allylic oxidation sites excluding steroid dienone is 2. The van der Waals surface area contributed by atoms with Crippen LogP contribution in [0.15, 0.2) is 121 Å². The Morgan fingerprint density at radius 3 is 2.27 bits per heavy atom. The number of benzene rings is 4. The Morgan fingerprint density at radius 1 is 0.902 bits per heavy atom. The summed E-state index contributed by atoms with van der Waals surface area (Å²) in [5.41, 5.74) is 4.42. The molecule has 4 aromatic rings. The van der Waals surface area contributed by atoms with Gasteiger partial charge in [0.15, 0.2) is 5.78 Å². The number of fused-ring (bicyclic) bond motifs is 8. The van der Waals surface area contributed by atoms with E-state index in [9.17, 15) is 19.8 Å². The highest BCUT2D eigenvalue weighted by Crippen LogP contribution is 2.59. The molecule has 3 aliphatic rings. The number of aliphatic hydroxyl groups is 2. The van der Waals surface area contributed by atoms with Crippen molar-refractivity contribution < 1.29 is 19.8 Å². The molecule has 0 aliphatic heterocycles. The molecule has 2 amide bonds. The average Bonchev–Trinajstić information content (AvgIpc) is 3.39. The Balaban J connectivity index is 1.40. The normalized spacial score (nSPS) is 24.1. The van der Waals surface area contributed by atoms with Crippen molar-refractivity contribution >= 4 is 11.8 Å². The molecule has 2 bridgehead atoms. The van der Waals surface area contributed by atoms with Crippen molar-refractivity contribution in [3.63, 3.8) is 0 Å². The first-order valence-electron chi connectivity index (χ1n) is 18.5. The first-order chi connectivity index (χ1) is 24.6. The second kappa shape index (κ2) is 15.8. The van der Waals surface area contributed by atoms with Crippen molar-refractivity contribution in [1.82, 2.24) is 10.2 Å². The van der Waals surface area contributed by atoms with Crippen LogP contribution in [-0.2, 0) is 13.0 Å². The third-order valence-electron chi connectivity index (χ3n) is 11.5. The van der Waals surface area contributed by atoms with E-state index in [2.05, 4.69) is 31.3 Å². The topological polar surface area (TPSA) is 89.9 Å². The Labute approximate surface area is 303 Å². The number of carbonyl (C=O) groups excluding carboxylic acids is 2. The zero-order chi connectivity index (χ0) is 36.0. The van der Waals surface area contributed by atoms with Gasteiger partial charge in [-0.1, -0.05) is 122 Å². The Hall–Kier alpha value is -4.52. The molecule has 6 heteroatoms. The van der Waals surface area contributed by atoms with Crippen molar-refractivity contribution in [2.75, 3.05) is 6.54 Å². The monoisotopic (exact) mass is 684 g/mol. The van der Waals surface area contributed by atoms with Crippen molar-refractivity contribution in [1.29, 1.82) is 0 Å². The van der Waals surface area contributed by atoms with E-state index in [-0.39, 0.29) is 30.3 Å². The number of aliphatic hydroxyl groups excluding tert-OH is 1. The molecule has 3 N–H and O–H groups in total. The molecule has 0 radical (unpaired) electrons. The summed E-state index contributed by atoms with van der Waals surface area (Å²) in [6.07, 6.45) is 6.22. The molecule has 5 unspecified atom stereocenters. The largest absolute Gasteiger partial charge is 0.393 e. The van der Waals surface area contributed by atoms with E-state index in [0.717, 1.165) is 35.1 Å². The van der Waals surface area contributed by atoms with Crippen molar-refractivity contribution in [3.8, 4) is 0 Å². The molecular formula is C45H52N2O4. The highest BCUT2D eigenvalue weighted by Gasteiger charge is 2.57. The first kappa shape index (κ1) is 36.3. The average molecular weight is 685 g/mol. The lowest BCUT2D eigenvalue weighted by molar-refractivity contribution is -0.0781. The van der Waals surface area contributed by atoms with Crippen LogP contribution in [0, 0.1) is 5.41 Å². The summed E-state index contributed by atoms with van der Waals surface area (Å²) in [4.78, 5) is 30.2. The number of rotatable bonds is 8. The summed E-state index contributed by atoms with van der Waals surface area (Å²) in [5.74, 6) is -0.187. The number of hydrogen-bond acceptors (Lipinski definition) is 4. The Morgan fingerprint density at radius 2 is 1.57 bits per heavy atom. The predicted molar refractivity (Wildman–Crippen MR) is 204 cm³/mol. The fourth-order valence-corrected chi connectivity index (χ4v) is 8.36. The summed E-state index contributed by atoms with van der Waals surface area (Å²) < 4.78 is 0. The van der Waals surface area contributed by atoms with Gasteiger partial charge in [0.1, 0.15) is 0 Å². The maximum Gasteiger partial charge on any atom is 0.318 e. The molecule has 0 saturated heterocycles. The highest BCUT2D eigenvalue weighted by molar-refractivity contribution is 6.10. The number of carbonyl (C=O) groups is 2. The fourth-order valence-electron chi connectivity index (χ4n) is 8.36. The van der Waals surface area contributed by atoms with Crippen molar-refractivity contribution in [2.45, 2.75) is 95.9 Å². The third-order valence-corrected chi connectivity index (χ3v) is 11.5. The molecule has 266 valence electrons. The molecule has 6 nitrogen and oxygen atoms in total. The van der Waals surface area contributed by atoms with Crippen LogP contribution in [0.4, 0.5) is 4.79 Å². The van der Waals surface area contributed by atoms with Gasteiger partial charge in [-0.2, -0.15) is 0 Å². The van der Waals surface area contributed by atoms with Gasteiger partial charge in [-0.25, -0.2) is 4.79 Å². The van der Waals surface area contributed by atoms with Gasteiger partial charge < -0.3 is 20.4 Å². The number of amides is 2. The lowest BCUT2D eigenvalue weighted by Crippen LogP contribution is -2.55. The maximum absolute atomic E-state index is 14.3. The van der Waals surface area contributed by atoms with Crippen LogP contribution in [0.3, 0.4) is 0 Å². The van der Waals surface area contributed by atoms with E-state index in [1.165, 1.54) is 5.57 Å². The molecule has 1 saturated carbocycles. The molecule has 0 spiro atoms. The number of hydrogen-bond donors (Lipinski definition) is 3. The molecule has 1 fully saturated rings. The van der Waals surface area contributed by atoms with Crippen molar-refractivity contribution in [2.24, 2.45) is 5.41 Å². The van der Waals surface area contributed by atoms with Crippen LogP contribution in [0.2, 0.25) is 0 Å². The van der Waals surface area contributed by atoms with E-state index >= 15 is 0 Å². The van der Waals surface area contributed by atoms with Crippen LogP contribution >= 0.6 is 0 Å². The summed E-state index contributed by atoms with van der Waals surface area (Å²) in [6, 6.07) is 34.9. The predicted octanol–water partition coefficient (Wildman–Crippen LogP) is 8.93. The summed E-state index contributed by atoms with van der Waals surface area (Å²) >= 11 is 0. The molecule has 7 rings (SSSR count). The molecule has 0 aromatic heterocycles. The van der Waals surface area contributed by atoms with Crippen LogP contribution in [0.25, 0.3) is 0 Å². The smallest absolute Gasteiger partial charge is 0.318 e. The van der Waals surface area contributed by atoms with E-state index in [1.54, 1.807) is 4.90 Å². The lowest BCUT2D eigenvalue weighted by Gasteiger charge is -2.46. The molecule has 5 atom stereocenters. The van der Waals surface area contributed by atoms with Gasteiger partial charge in [-0.05, 0) is 93.0 Å². The number of ketones is 1. The molecule has 51 heavy (non-hydrogen) atoms. The minimum absolute atomic E-state index is 0.0532. The molecule has 3 aliphatic carbocycles. The highest BCUT2D eigenvalue weighted by atomic mass is 16.3. The van der Waals surface area contributed by atoms with E-state index in [4.69, 9.17) is 0 Å². The van der Waals surface area contributed by atoms with Gasteiger partial charge in [-0.15, -0.1) is 0 Å². The van der Waals surface area contributed by atoms with E-state index < -0.39 is 17.1 Å². The van der Waals surface area contributed by atoms with Crippen LogP contribution in [0.1, 0.15) is 109 Å². The summed E-state index contributed by atoms with van der Waals surface area (Å²) in [7, 11) is 0. The van der Waals surface area contributed by atoms with Gasteiger partial charge in [-0.3, -0.25) is 4.79 Å². The number of nitrogens with one attached hydrogen (secondary N) is 1. The first-order valence-corrected chi connectivity index (χ1v) is 18.5. The van der Waals surface area contributed by atoms with Gasteiger partial charge in [0.2, 0.25) is 0 Å². The summed E-state index contributed by atoms with van der Waals surface area (Å²) in [5, 5.41) is 27.2. The van der Waals surface area contributed by atoms with Crippen LogP contribution in [0.5, 0.6) is 0 Å². The van der Waals surface area contributed by atoms with Gasteiger partial charge in [0.05, 0.1) is 24.3 Å². The van der Waals surface area contributed by atoms with Crippen LogP contribution < -0.4 is 5.32 Å². The van der Waals surface area contributed by atoms with E-state index in [1.807, 2.05) is 110 Å². The van der Waals surface area contributed by atoms with Gasteiger partial charge in [0.25, 0.3) is 0 Å². The zero-order valence-corrected chi connectivity index (χ0v) is 30.2. The van der Waals surface area contributed by atoms with Crippen LogP contribution in [-0.4, -0.2) is 45.2 Å². The maximum atomic E-state index is 14.3. The second-order valence-corrected chi connectivity index (χ2v) is 15.1. The quantitative estimate of drug-likeness (QED) is 0.128. The van der Waals surface area contributed by atoms with Gasteiger partial charge in [0, 0.05) is 23.1 Å². The van der Waals surface area contributed by atoms with Crippen molar-refractivity contribution in [3.05, 3.63) is 154 Å². The standard InChI is InChI=1S/C45H52N2O4/c1-32-14-13-26-44(3)41(39-24-22-35(28-38(48)23-21-32)29-40(39)42(49)37-19-11-6-12-20-37)25-27-45(44,51)31-47(30-34-15-7-4-8-16-34)43(50)46-33(2)36-17-9-5-10-18-36/h4-12,14-20,22,24,29,33,38,41,48,51H,13,21,23,25-28,30-31H2,1-3H3,(H,46,50). The zero-order valence-electron chi connectivity index (χ0n) is 30.2. The molecular weight excluding hydrogens is 633 g/mol.